The van der Waals surface area contributed by atoms with Crippen molar-refractivity contribution in [3.63, 3.8) is 0 Å². The van der Waals surface area contributed by atoms with Gasteiger partial charge in [0.2, 0.25) is 0 Å². The zero-order valence-corrected chi connectivity index (χ0v) is 9.68. The van der Waals surface area contributed by atoms with Crippen molar-refractivity contribution in [2.75, 3.05) is 0 Å². The molecule has 1 fully saturated rings. The maximum atomic E-state index is 9.28. The van der Waals surface area contributed by atoms with Crippen LogP contribution >= 0.6 is 0 Å². The smallest absolute Gasteiger partial charge is 0.0689 e. The van der Waals surface area contributed by atoms with Crippen molar-refractivity contribution in [1.29, 1.82) is 5.26 Å². The number of hydrogen-bond donors (Lipinski definition) is 0. The topological polar surface area (TPSA) is 23.8 Å². The van der Waals surface area contributed by atoms with Gasteiger partial charge in [-0.05, 0) is 31.6 Å². The third kappa shape index (κ3) is 2.74. The Morgan fingerprint density at radius 2 is 2.14 bits per heavy atom. The van der Waals surface area contributed by atoms with E-state index in [-0.39, 0.29) is 5.41 Å². The summed E-state index contributed by atoms with van der Waals surface area (Å²) in [6.45, 7) is 4.48. The van der Waals surface area contributed by atoms with Gasteiger partial charge in [-0.3, -0.25) is 0 Å². The fourth-order valence-electron chi connectivity index (χ4n) is 2.68. The summed E-state index contributed by atoms with van der Waals surface area (Å²) in [6.07, 6.45) is 9.83. The molecular formula is C13H23N. The summed E-state index contributed by atoms with van der Waals surface area (Å²) in [4.78, 5) is 0. The van der Waals surface area contributed by atoms with E-state index in [1.165, 1.54) is 38.5 Å². The fourth-order valence-corrected chi connectivity index (χ4v) is 2.68. The molecule has 1 rings (SSSR count). The van der Waals surface area contributed by atoms with Crippen LogP contribution in [0.2, 0.25) is 0 Å². The summed E-state index contributed by atoms with van der Waals surface area (Å²) in [7, 11) is 0. The maximum absolute atomic E-state index is 9.28. The maximum Gasteiger partial charge on any atom is 0.0689 e. The van der Waals surface area contributed by atoms with Crippen LogP contribution in [0.1, 0.15) is 65.2 Å². The Balaban J connectivity index is 2.40. The number of hydrogen-bond acceptors (Lipinski definition) is 1. The molecule has 2 atom stereocenters. The molecule has 0 saturated heterocycles. The lowest BCUT2D eigenvalue weighted by atomic mass is 9.81. The molecule has 0 aromatic carbocycles. The van der Waals surface area contributed by atoms with E-state index >= 15 is 0 Å². The predicted molar refractivity (Wildman–Crippen MR) is 59.8 cm³/mol. The highest BCUT2D eigenvalue weighted by atomic mass is 14.4. The summed E-state index contributed by atoms with van der Waals surface area (Å²) in [5, 5.41) is 9.28. The largest absolute Gasteiger partial charge is 0.198 e. The first-order valence-corrected chi connectivity index (χ1v) is 6.17. The van der Waals surface area contributed by atoms with E-state index in [0.29, 0.717) is 0 Å². The molecule has 0 aromatic heterocycles. The van der Waals surface area contributed by atoms with Crippen LogP contribution in [-0.2, 0) is 0 Å². The summed E-state index contributed by atoms with van der Waals surface area (Å²) in [6, 6.07) is 2.60. The highest BCUT2D eigenvalue weighted by Crippen LogP contribution is 2.46. The molecule has 0 spiro atoms. The van der Waals surface area contributed by atoms with Crippen molar-refractivity contribution in [2.45, 2.75) is 65.2 Å². The van der Waals surface area contributed by atoms with E-state index in [1.54, 1.807) is 0 Å². The molecule has 80 valence electrons. The summed E-state index contributed by atoms with van der Waals surface area (Å²) in [5.74, 6) is 0.830. The molecule has 1 aliphatic rings. The van der Waals surface area contributed by atoms with E-state index in [0.717, 1.165) is 18.8 Å². The number of unbranched alkanes of at least 4 members (excludes halogenated alkanes) is 2. The first kappa shape index (κ1) is 11.6. The summed E-state index contributed by atoms with van der Waals surface area (Å²) in [5.41, 5.74) is 0.0653. The van der Waals surface area contributed by atoms with Gasteiger partial charge in [0.25, 0.3) is 0 Å². The van der Waals surface area contributed by atoms with Crippen molar-refractivity contribution >= 4 is 0 Å². The van der Waals surface area contributed by atoms with Gasteiger partial charge in [-0.15, -0.1) is 0 Å². The zero-order valence-electron chi connectivity index (χ0n) is 9.68. The zero-order chi connectivity index (χ0) is 10.4. The molecule has 0 aromatic rings. The molecule has 2 unspecified atom stereocenters. The molecule has 0 amide bonds. The quantitative estimate of drug-likeness (QED) is 0.598. The van der Waals surface area contributed by atoms with Gasteiger partial charge in [0.05, 0.1) is 11.5 Å². The van der Waals surface area contributed by atoms with Gasteiger partial charge < -0.3 is 0 Å². The van der Waals surface area contributed by atoms with Gasteiger partial charge >= 0.3 is 0 Å². The van der Waals surface area contributed by atoms with E-state index in [9.17, 15) is 5.26 Å². The van der Waals surface area contributed by atoms with Crippen molar-refractivity contribution < 1.29 is 0 Å². The van der Waals surface area contributed by atoms with Gasteiger partial charge in [0.1, 0.15) is 0 Å². The average molecular weight is 193 g/mol. The lowest BCUT2D eigenvalue weighted by Gasteiger charge is -2.20. The predicted octanol–water partition coefficient (Wildman–Crippen LogP) is 4.29. The number of rotatable bonds is 5. The van der Waals surface area contributed by atoms with Gasteiger partial charge in [-0.25, -0.2) is 0 Å². The van der Waals surface area contributed by atoms with Crippen LogP contribution in [-0.4, -0.2) is 0 Å². The number of nitriles is 1. The molecule has 1 nitrogen and oxygen atoms in total. The Morgan fingerprint density at radius 1 is 1.36 bits per heavy atom. The molecule has 1 aliphatic carbocycles. The third-order valence-electron chi connectivity index (χ3n) is 3.78. The summed E-state index contributed by atoms with van der Waals surface area (Å²) < 4.78 is 0. The molecule has 1 saturated carbocycles. The molecule has 14 heavy (non-hydrogen) atoms. The van der Waals surface area contributed by atoms with Crippen molar-refractivity contribution in [3.8, 4) is 6.07 Å². The van der Waals surface area contributed by atoms with Gasteiger partial charge in [-0.2, -0.15) is 5.26 Å². The second kappa shape index (κ2) is 5.39. The average Bonchev–Trinajstić information content (AvgIpc) is 2.63. The minimum absolute atomic E-state index is 0.0653. The summed E-state index contributed by atoms with van der Waals surface area (Å²) >= 11 is 0. The third-order valence-corrected chi connectivity index (χ3v) is 3.78. The Labute approximate surface area is 88.5 Å². The van der Waals surface area contributed by atoms with Gasteiger partial charge in [0.15, 0.2) is 0 Å². The van der Waals surface area contributed by atoms with Crippen molar-refractivity contribution in [3.05, 3.63) is 0 Å². The van der Waals surface area contributed by atoms with Gasteiger partial charge in [-0.1, -0.05) is 39.5 Å². The Hall–Kier alpha value is -0.510. The van der Waals surface area contributed by atoms with Crippen LogP contribution in [0.15, 0.2) is 0 Å². The first-order chi connectivity index (χ1) is 6.76. The van der Waals surface area contributed by atoms with E-state index in [1.807, 2.05) is 0 Å². The second-order valence-electron chi connectivity index (χ2n) is 4.87. The standard InChI is InChI=1S/C13H23N/c1-3-5-6-8-13(11-14)9-7-12(4-2)10-13/h12H,3-10H2,1-2H3. The van der Waals surface area contributed by atoms with Crippen molar-refractivity contribution in [2.24, 2.45) is 11.3 Å². The first-order valence-electron chi connectivity index (χ1n) is 6.17. The molecule has 0 N–H and O–H groups in total. The molecule has 0 aliphatic heterocycles. The van der Waals surface area contributed by atoms with Crippen LogP contribution in [0.4, 0.5) is 0 Å². The molecule has 0 radical (unpaired) electrons. The highest BCUT2D eigenvalue weighted by Gasteiger charge is 2.37. The lowest BCUT2D eigenvalue weighted by Crippen LogP contribution is -2.14. The molecule has 1 heteroatoms. The SMILES string of the molecule is CCCCCC1(C#N)CCC(CC)C1. The molecule has 0 bridgehead atoms. The second-order valence-corrected chi connectivity index (χ2v) is 4.87. The van der Waals surface area contributed by atoms with E-state index in [2.05, 4.69) is 19.9 Å². The fraction of sp³-hybridized carbons (Fsp3) is 0.923. The molecule has 0 heterocycles. The van der Waals surface area contributed by atoms with Crippen LogP contribution in [0.3, 0.4) is 0 Å². The van der Waals surface area contributed by atoms with Crippen LogP contribution in [0, 0.1) is 22.7 Å². The normalized spacial score (nSPS) is 31.6. The minimum Gasteiger partial charge on any atom is -0.198 e. The molecular weight excluding hydrogens is 170 g/mol. The number of nitrogens with zero attached hydrogens (tertiary/aromatic N) is 1. The van der Waals surface area contributed by atoms with E-state index in [4.69, 9.17) is 0 Å². The minimum atomic E-state index is 0.0653. The van der Waals surface area contributed by atoms with Crippen LogP contribution < -0.4 is 0 Å². The van der Waals surface area contributed by atoms with Gasteiger partial charge in [0, 0.05) is 0 Å². The highest BCUT2D eigenvalue weighted by molar-refractivity contribution is 5.03. The monoisotopic (exact) mass is 193 g/mol. The Bertz CT molecular complexity index is 204. The Kier molecular flexibility index (Phi) is 4.45. The van der Waals surface area contributed by atoms with Crippen molar-refractivity contribution in [1.82, 2.24) is 0 Å². The van der Waals surface area contributed by atoms with Crippen LogP contribution in [0.25, 0.3) is 0 Å². The lowest BCUT2D eigenvalue weighted by molar-refractivity contribution is 0.340. The van der Waals surface area contributed by atoms with Crippen LogP contribution in [0.5, 0.6) is 0 Å². The Morgan fingerprint density at radius 3 is 2.64 bits per heavy atom. The van der Waals surface area contributed by atoms with E-state index < -0.39 is 0 Å².